The summed E-state index contributed by atoms with van der Waals surface area (Å²) in [6.45, 7) is 5.26. The monoisotopic (exact) mass is 595 g/mol. The summed E-state index contributed by atoms with van der Waals surface area (Å²) >= 11 is 6.40. The van der Waals surface area contributed by atoms with E-state index in [2.05, 4.69) is 5.32 Å². The highest BCUT2D eigenvalue weighted by Crippen LogP contribution is 2.31. The van der Waals surface area contributed by atoms with Gasteiger partial charge in [0, 0.05) is 17.6 Å². The number of rotatable bonds is 11. The maximum atomic E-state index is 14.2. The van der Waals surface area contributed by atoms with Crippen molar-refractivity contribution < 1.29 is 18.0 Å². The molecule has 7 nitrogen and oxygen atoms in total. The van der Waals surface area contributed by atoms with Gasteiger partial charge in [0.2, 0.25) is 11.8 Å². The van der Waals surface area contributed by atoms with Gasteiger partial charge in [-0.2, -0.15) is 0 Å². The van der Waals surface area contributed by atoms with Crippen LogP contribution in [0.15, 0.2) is 77.7 Å². The van der Waals surface area contributed by atoms with Gasteiger partial charge >= 0.3 is 0 Å². The second kappa shape index (κ2) is 13.5. The average molecular weight is 596 g/mol. The van der Waals surface area contributed by atoms with Crippen molar-refractivity contribution in [2.45, 2.75) is 76.4 Å². The molecule has 3 aromatic carbocycles. The first-order valence-electron chi connectivity index (χ1n) is 14.1. The van der Waals surface area contributed by atoms with Crippen molar-refractivity contribution in [1.82, 2.24) is 10.2 Å². The van der Waals surface area contributed by atoms with E-state index in [9.17, 15) is 18.0 Å². The van der Waals surface area contributed by atoms with Crippen LogP contribution >= 0.6 is 11.6 Å². The molecule has 3 aromatic rings. The quantitative estimate of drug-likeness (QED) is 0.294. The van der Waals surface area contributed by atoms with Gasteiger partial charge in [-0.05, 0) is 68.5 Å². The lowest BCUT2D eigenvalue weighted by atomic mass is 10.1. The Labute approximate surface area is 248 Å². The lowest BCUT2D eigenvalue weighted by molar-refractivity contribution is -0.140. The van der Waals surface area contributed by atoms with Gasteiger partial charge in [0.1, 0.15) is 12.6 Å². The van der Waals surface area contributed by atoms with Crippen LogP contribution in [0.3, 0.4) is 0 Å². The number of hydrogen-bond acceptors (Lipinski definition) is 4. The number of nitrogens with zero attached hydrogens (tertiary/aromatic N) is 2. The van der Waals surface area contributed by atoms with E-state index in [1.807, 2.05) is 38.1 Å². The number of carbonyl (C=O) groups is 2. The summed E-state index contributed by atoms with van der Waals surface area (Å²) in [6.07, 6.45) is 4.37. The highest BCUT2D eigenvalue weighted by molar-refractivity contribution is 7.92. The first kappa shape index (κ1) is 30.6. The number of carbonyl (C=O) groups excluding carboxylic acids is 2. The van der Waals surface area contributed by atoms with Gasteiger partial charge in [0.15, 0.2) is 0 Å². The van der Waals surface area contributed by atoms with Crippen LogP contribution < -0.4 is 9.62 Å². The summed E-state index contributed by atoms with van der Waals surface area (Å²) in [5, 5.41) is 3.53. The molecule has 0 aromatic heterocycles. The lowest BCUT2D eigenvalue weighted by Gasteiger charge is -2.34. The Morgan fingerprint density at radius 3 is 2.24 bits per heavy atom. The first-order valence-corrected chi connectivity index (χ1v) is 15.9. The number of sulfonamides is 1. The Hall–Kier alpha value is -3.36. The van der Waals surface area contributed by atoms with E-state index in [1.54, 1.807) is 43.3 Å². The normalized spacial score (nSPS) is 14.4. The molecule has 0 spiro atoms. The van der Waals surface area contributed by atoms with Crippen LogP contribution in [0.5, 0.6) is 0 Å². The second-order valence-electron chi connectivity index (χ2n) is 10.6. The van der Waals surface area contributed by atoms with E-state index in [0.717, 1.165) is 41.1 Å². The molecule has 1 aliphatic carbocycles. The molecule has 218 valence electrons. The zero-order valence-electron chi connectivity index (χ0n) is 23.8. The summed E-state index contributed by atoms with van der Waals surface area (Å²) in [5.74, 6) is -0.686. The van der Waals surface area contributed by atoms with Crippen LogP contribution in [0.25, 0.3) is 0 Å². The third kappa shape index (κ3) is 7.29. The van der Waals surface area contributed by atoms with Crippen molar-refractivity contribution in [2.24, 2.45) is 0 Å². The van der Waals surface area contributed by atoms with Crippen molar-refractivity contribution in [1.29, 1.82) is 0 Å². The Bertz CT molecular complexity index is 1460. The zero-order chi connectivity index (χ0) is 29.6. The maximum absolute atomic E-state index is 14.2. The smallest absolute Gasteiger partial charge is 0.264 e. The summed E-state index contributed by atoms with van der Waals surface area (Å²) in [6, 6.07) is 20.1. The van der Waals surface area contributed by atoms with Crippen LogP contribution in [-0.4, -0.2) is 43.8 Å². The first-order chi connectivity index (χ1) is 19.6. The molecule has 0 radical (unpaired) electrons. The fourth-order valence-corrected chi connectivity index (χ4v) is 6.94. The number of hydrogen-bond donors (Lipinski definition) is 1. The summed E-state index contributed by atoms with van der Waals surface area (Å²) in [5.41, 5.74) is 2.78. The Kier molecular flexibility index (Phi) is 10.1. The number of anilines is 1. The van der Waals surface area contributed by atoms with E-state index >= 15 is 0 Å². The third-order valence-electron chi connectivity index (χ3n) is 7.68. The topological polar surface area (TPSA) is 86.8 Å². The molecule has 0 bridgehead atoms. The van der Waals surface area contributed by atoms with Gasteiger partial charge in [-0.25, -0.2) is 8.42 Å². The molecule has 9 heteroatoms. The van der Waals surface area contributed by atoms with Crippen molar-refractivity contribution >= 4 is 39.1 Å². The van der Waals surface area contributed by atoms with Gasteiger partial charge in [-0.1, -0.05) is 85.5 Å². The van der Waals surface area contributed by atoms with Gasteiger partial charge in [-0.3, -0.25) is 13.9 Å². The molecule has 41 heavy (non-hydrogen) atoms. The van der Waals surface area contributed by atoms with Crippen molar-refractivity contribution in [2.75, 3.05) is 10.8 Å². The Morgan fingerprint density at radius 1 is 0.951 bits per heavy atom. The summed E-state index contributed by atoms with van der Waals surface area (Å²) < 4.78 is 29.1. The highest BCUT2D eigenvalue weighted by atomic mass is 35.5. The van der Waals surface area contributed by atoms with Crippen LogP contribution in [0.1, 0.15) is 55.7 Å². The summed E-state index contributed by atoms with van der Waals surface area (Å²) in [4.78, 5) is 29.3. The number of halogens is 1. The minimum Gasteiger partial charge on any atom is -0.352 e. The Balaban J connectivity index is 1.73. The van der Waals surface area contributed by atoms with E-state index < -0.39 is 28.5 Å². The third-order valence-corrected chi connectivity index (χ3v) is 9.86. The standard InChI is InChI=1S/C32H38ClN3O4S/c1-4-29(32(38)34-26-11-8-9-12-26)35(21-25-19-17-23(2)18-20-25)31(37)22-36(30-16-10-15-28(33)24(30)3)41(39,40)27-13-6-5-7-14-27/h5-7,10,13-20,26,29H,4,8-9,11-12,21-22H2,1-3H3,(H,34,38)/t29-/m0/s1. The van der Waals surface area contributed by atoms with Gasteiger partial charge in [-0.15, -0.1) is 0 Å². The van der Waals surface area contributed by atoms with Crippen molar-refractivity contribution in [3.8, 4) is 0 Å². The van der Waals surface area contributed by atoms with Crippen LogP contribution in [-0.2, 0) is 26.2 Å². The molecule has 0 aliphatic heterocycles. The number of amides is 2. The predicted octanol–water partition coefficient (Wildman–Crippen LogP) is 6.02. The van der Waals surface area contributed by atoms with E-state index in [-0.39, 0.29) is 23.4 Å². The zero-order valence-corrected chi connectivity index (χ0v) is 25.4. The molecule has 0 heterocycles. The minimum absolute atomic E-state index is 0.0586. The Morgan fingerprint density at radius 2 is 1.61 bits per heavy atom. The molecule has 1 N–H and O–H groups in total. The van der Waals surface area contributed by atoms with E-state index in [4.69, 9.17) is 11.6 Å². The fourth-order valence-electron chi connectivity index (χ4n) is 5.28. The summed E-state index contributed by atoms with van der Waals surface area (Å²) in [7, 11) is -4.15. The van der Waals surface area contributed by atoms with Crippen molar-refractivity contribution in [3.05, 3.63) is 94.5 Å². The largest absolute Gasteiger partial charge is 0.352 e. The van der Waals surface area contributed by atoms with Crippen LogP contribution in [0.4, 0.5) is 5.69 Å². The van der Waals surface area contributed by atoms with Crippen molar-refractivity contribution in [3.63, 3.8) is 0 Å². The minimum atomic E-state index is -4.15. The number of benzene rings is 3. The van der Waals surface area contributed by atoms with Crippen LogP contribution in [0, 0.1) is 13.8 Å². The van der Waals surface area contributed by atoms with Gasteiger partial charge < -0.3 is 10.2 Å². The molecule has 1 saturated carbocycles. The number of nitrogens with one attached hydrogen (secondary N) is 1. The lowest BCUT2D eigenvalue weighted by Crippen LogP contribution is -2.53. The van der Waals surface area contributed by atoms with Gasteiger partial charge in [0.05, 0.1) is 10.6 Å². The number of aryl methyl sites for hydroxylation is 1. The molecule has 2 amide bonds. The molecule has 0 unspecified atom stereocenters. The maximum Gasteiger partial charge on any atom is 0.264 e. The molecule has 0 saturated heterocycles. The fraction of sp³-hybridized carbons (Fsp3) is 0.375. The molecule has 4 rings (SSSR count). The highest BCUT2D eigenvalue weighted by Gasteiger charge is 2.35. The van der Waals surface area contributed by atoms with Gasteiger partial charge in [0.25, 0.3) is 10.0 Å². The second-order valence-corrected chi connectivity index (χ2v) is 12.9. The molecular weight excluding hydrogens is 558 g/mol. The molecule has 1 aliphatic rings. The molecular formula is C32H38ClN3O4S. The molecule has 1 atom stereocenters. The molecule has 1 fully saturated rings. The van der Waals surface area contributed by atoms with E-state index in [1.165, 1.54) is 17.0 Å². The SMILES string of the molecule is CC[C@@H](C(=O)NC1CCCC1)N(Cc1ccc(C)cc1)C(=O)CN(c1cccc(Cl)c1C)S(=O)(=O)c1ccccc1. The average Bonchev–Trinajstić information content (AvgIpc) is 3.47. The van der Waals surface area contributed by atoms with E-state index in [0.29, 0.717) is 22.7 Å². The predicted molar refractivity (Wildman–Crippen MR) is 163 cm³/mol. The van der Waals surface area contributed by atoms with Crippen LogP contribution in [0.2, 0.25) is 5.02 Å².